The lowest BCUT2D eigenvalue weighted by molar-refractivity contribution is -0.161. The number of hydrogen-bond acceptors (Lipinski definition) is 15. The van der Waals surface area contributed by atoms with Crippen LogP contribution in [0.4, 0.5) is 0 Å². The zero-order valence-corrected chi connectivity index (χ0v) is 62.3. The van der Waals surface area contributed by atoms with Crippen molar-refractivity contribution in [2.45, 2.75) is 400 Å². The number of hydrogen-bond donors (Lipinski definition) is 3. The molecule has 0 aliphatic rings. The summed E-state index contributed by atoms with van der Waals surface area (Å²) in [5.74, 6) is -0.632. The van der Waals surface area contributed by atoms with E-state index >= 15 is 0 Å². The van der Waals surface area contributed by atoms with Crippen molar-refractivity contribution in [3.63, 3.8) is 0 Å². The van der Waals surface area contributed by atoms with Crippen molar-refractivity contribution in [2.75, 3.05) is 39.6 Å². The molecule has 0 aliphatic carbocycles. The predicted molar refractivity (Wildman–Crippen MR) is 377 cm³/mol. The summed E-state index contributed by atoms with van der Waals surface area (Å²) >= 11 is 0. The van der Waals surface area contributed by atoms with Crippen LogP contribution >= 0.6 is 15.6 Å². The number of esters is 4. The van der Waals surface area contributed by atoms with Crippen LogP contribution in [0.15, 0.2) is 0 Å². The highest BCUT2D eigenvalue weighted by Gasteiger charge is 2.30. The van der Waals surface area contributed by atoms with Crippen LogP contribution in [0.1, 0.15) is 382 Å². The molecule has 0 aliphatic heterocycles. The lowest BCUT2D eigenvalue weighted by atomic mass is 10.0. The van der Waals surface area contributed by atoms with Crippen LogP contribution in [0.2, 0.25) is 0 Å². The first-order chi connectivity index (χ1) is 44.9. The van der Waals surface area contributed by atoms with Crippen molar-refractivity contribution in [1.29, 1.82) is 0 Å². The molecular formula is C74H144O17P2. The Hall–Kier alpha value is -1.94. The molecule has 5 atom stereocenters. The molecule has 0 aromatic heterocycles. The molecular weight excluding hydrogens is 1220 g/mol. The minimum Gasteiger partial charge on any atom is -0.462 e. The van der Waals surface area contributed by atoms with Crippen LogP contribution in [0.25, 0.3) is 0 Å². The molecule has 17 nitrogen and oxygen atoms in total. The fourth-order valence-corrected chi connectivity index (χ4v) is 12.9. The third kappa shape index (κ3) is 68.4. The molecule has 0 saturated carbocycles. The molecule has 0 fully saturated rings. The molecule has 0 rings (SSSR count). The Labute approximate surface area is 568 Å². The maximum absolute atomic E-state index is 13.1. The van der Waals surface area contributed by atoms with E-state index in [-0.39, 0.29) is 25.7 Å². The summed E-state index contributed by atoms with van der Waals surface area (Å²) in [6.45, 7) is 9.54. The highest BCUT2D eigenvalue weighted by Crippen LogP contribution is 2.45. The van der Waals surface area contributed by atoms with Gasteiger partial charge in [-0.3, -0.25) is 37.3 Å². The molecule has 0 amide bonds. The van der Waals surface area contributed by atoms with Gasteiger partial charge in [-0.05, 0) is 37.5 Å². The van der Waals surface area contributed by atoms with Crippen LogP contribution < -0.4 is 0 Å². The number of phosphoric ester groups is 2. The van der Waals surface area contributed by atoms with Gasteiger partial charge in [-0.2, -0.15) is 0 Å². The monoisotopic (exact) mass is 1370 g/mol. The van der Waals surface area contributed by atoms with Crippen LogP contribution in [-0.2, 0) is 65.4 Å². The number of aliphatic hydroxyl groups is 1. The second-order valence-corrected chi connectivity index (χ2v) is 30.5. The first-order valence-corrected chi connectivity index (χ1v) is 41.5. The molecule has 552 valence electrons. The highest BCUT2D eigenvalue weighted by molar-refractivity contribution is 7.47. The van der Waals surface area contributed by atoms with E-state index in [4.69, 9.17) is 37.0 Å². The van der Waals surface area contributed by atoms with Gasteiger partial charge in [-0.1, -0.05) is 330 Å². The standard InChI is InChI=1S/C74H144O17P2/c1-7-9-11-13-15-17-19-21-22-23-24-25-27-33-41-47-53-59-74(79)90-69(62-84-71(76)56-50-44-38-31-29-28-30-36-42-48-54-66(3)4)64-88-92(80,81)86-60-68(75)61-87-93(82,83)89-65-70(63-85-72(77)57-51-45-39-35-34-37-43-49-55-67(5)6)91-73(78)58-52-46-40-32-26-20-18-16-14-12-10-8-2/h66-70,75H,7-65H2,1-6H3,(H,80,81)(H,82,83)/t68-,69-,70-/m1/s1. The van der Waals surface area contributed by atoms with Gasteiger partial charge in [0.2, 0.25) is 0 Å². The quantitative estimate of drug-likeness (QED) is 0.0222. The molecule has 0 aromatic carbocycles. The van der Waals surface area contributed by atoms with Crippen LogP contribution in [0.3, 0.4) is 0 Å². The van der Waals surface area contributed by atoms with E-state index in [1.54, 1.807) is 0 Å². The molecule has 0 radical (unpaired) electrons. The average molecular weight is 1370 g/mol. The van der Waals surface area contributed by atoms with Crippen molar-refractivity contribution < 1.29 is 80.2 Å². The number of ether oxygens (including phenoxy) is 4. The number of carbonyl (C=O) groups is 4. The van der Waals surface area contributed by atoms with Crippen LogP contribution in [0.5, 0.6) is 0 Å². The number of aliphatic hydroxyl groups excluding tert-OH is 1. The SMILES string of the molecule is CCCCCCCCCCCCCCCCCCCC(=O)O[C@H](COC(=O)CCCCCCCCCCCCC(C)C)COP(=O)(O)OC[C@@H](O)COP(=O)(O)OC[C@@H](COC(=O)CCCCCCCCCCC(C)C)OC(=O)CCCCCCCCCCCCCC. The molecule has 3 N–H and O–H groups in total. The van der Waals surface area contributed by atoms with E-state index in [0.717, 1.165) is 102 Å². The summed E-state index contributed by atoms with van der Waals surface area (Å²) in [7, 11) is -9.91. The summed E-state index contributed by atoms with van der Waals surface area (Å²) < 4.78 is 68.5. The van der Waals surface area contributed by atoms with Crippen molar-refractivity contribution in [2.24, 2.45) is 11.8 Å². The van der Waals surface area contributed by atoms with Gasteiger partial charge in [0, 0.05) is 25.7 Å². The summed E-state index contributed by atoms with van der Waals surface area (Å²) in [5, 5.41) is 10.6. The fourth-order valence-electron chi connectivity index (χ4n) is 11.3. The number of carbonyl (C=O) groups excluding carboxylic acids is 4. The molecule has 2 unspecified atom stereocenters. The molecule has 0 heterocycles. The second kappa shape index (κ2) is 66.0. The first kappa shape index (κ1) is 91.1. The third-order valence-corrected chi connectivity index (χ3v) is 19.1. The number of rotatable bonds is 73. The van der Waals surface area contributed by atoms with Crippen molar-refractivity contribution >= 4 is 39.5 Å². The van der Waals surface area contributed by atoms with Gasteiger partial charge in [-0.25, -0.2) is 9.13 Å². The van der Waals surface area contributed by atoms with Gasteiger partial charge in [0.05, 0.1) is 26.4 Å². The van der Waals surface area contributed by atoms with Gasteiger partial charge in [0.15, 0.2) is 12.2 Å². The molecule has 19 heteroatoms. The largest absolute Gasteiger partial charge is 0.472 e. The highest BCUT2D eigenvalue weighted by atomic mass is 31.2. The second-order valence-electron chi connectivity index (χ2n) is 27.6. The Morgan fingerprint density at radius 3 is 0.731 bits per heavy atom. The maximum atomic E-state index is 13.1. The Bertz CT molecular complexity index is 1800. The van der Waals surface area contributed by atoms with Crippen LogP contribution in [0, 0.1) is 11.8 Å². The van der Waals surface area contributed by atoms with E-state index in [9.17, 15) is 43.2 Å². The lowest BCUT2D eigenvalue weighted by Crippen LogP contribution is -2.30. The van der Waals surface area contributed by atoms with Gasteiger partial charge >= 0.3 is 39.5 Å². The Balaban J connectivity index is 5.25. The topological polar surface area (TPSA) is 237 Å². The fraction of sp³-hybridized carbons (Fsp3) is 0.946. The smallest absolute Gasteiger partial charge is 0.462 e. The van der Waals surface area contributed by atoms with E-state index < -0.39 is 97.5 Å². The van der Waals surface area contributed by atoms with E-state index in [1.165, 1.54) is 199 Å². The predicted octanol–water partition coefficient (Wildman–Crippen LogP) is 21.6. The van der Waals surface area contributed by atoms with Gasteiger partial charge in [0.1, 0.15) is 19.3 Å². The number of unbranched alkanes of at least 4 members (excludes halogenated alkanes) is 43. The van der Waals surface area contributed by atoms with Crippen molar-refractivity contribution in [3.05, 3.63) is 0 Å². The average Bonchev–Trinajstić information content (AvgIpc) is 2.66. The van der Waals surface area contributed by atoms with Crippen molar-refractivity contribution in [1.82, 2.24) is 0 Å². The molecule has 0 aromatic rings. The molecule has 0 spiro atoms. The molecule has 0 saturated heterocycles. The first-order valence-electron chi connectivity index (χ1n) is 38.5. The zero-order valence-electron chi connectivity index (χ0n) is 60.6. The zero-order chi connectivity index (χ0) is 68.6. The minimum atomic E-state index is -4.96. The lowest BCUT2D eigenvalue weighted by Gasteiger charge is -2.21. The Morgan fingerprint density at radius 1 is 0.290 bits per heavy atom. The minimum absolute atomic E-state index is 0.107. The molecule has 0 bridgehead atoms. The third-order valence-electron chi connectivity index (χ3n) is 17.2. The Morgan fingerprint density at radius 2 is 0.495 bits per heavy atom. The molecule has 93 heavy (non-hydrogen) atoms. The van der Waals surface area contributed by atoms with Crippen LogP contribution in [-0.4, -0.2) is 96.7 Å². The summed E-state index contributed by atoms with van der Waals surface area (Å²) in [4.78, 5) is 72.7. The number of phosphoric acid groups is 2. The van der Waals surface area contributed by atoms with Gasteiger partial charge in [0.25, 0.3) is 0 Å². The normalized spacial score (nSPS) is 14.1. The van der Waals surface area contributed by atoms with E-state index in [1.807, 2.05) is 0 Å². The van der Waals surface area contributed by atoms with Gasteiger partial charge < -0.3 is 33.8 Å². The van der Waals surface area contributed by atoms with E-state index in [0.29, 0.717) is 25.7 Å². The van der Waals surface area contributed by atoms with E-state index in [2.05, 4.69) is 41.5 Å². The van der Waals surface area contributed by atoms with Crippen molar-refractivity contribution in [3.8, 4) is 0 Å². The van der Waals surface area contributed by atoms with Gasteiger partial charge in [-0.15, -0.1) is 0 Å². The maximum Gasteiger partial charge on any atom is 0.472 e. The Kier molecular flexibility index (Phi) is 64.6. The summed E-state index contributed by atoms with van der Waals surface area (Å²) in [6, 6.07) is 0. The summed E-state index contributed by atoms with van der Waals surface area (Å²) in [6.07, 6.45) is 52.7. The summed E-state index contributed by atoms with van der Waals surface area (Å²) in [5.41, 5.74) is 0.